The van der Waals surface area contributed by atoms with Gasteiger partial charge in [0, 0.05) is 0 Å². The number of rotatable bonds is 6. The lowest BCUT2D eigenvalue weighted by molar-refractivity contribution is 1.02. The Morgan fingerprint density at radius 3 is 1.36 bits per heavy atom. The Balaban J connectivity index is 0. The Bertz CT molecular complexity index is 98.8. The molecule has 0 aromatic carbocycles. The summed E-state index contributed by atoms with van der Waals surface area (Å²) in [5, 5.41) is 4.12. The van der Waals surface area contributed by atoms with Crippen molar-refractivity contribution < 1.29 is 0 Å². The summed E-state index contributed by atoms with van der Waals surface area (Å²) < 4.78 is 0. The van der Waals surface area contributed by atoms with Gasteiger partial charge < -0.3 is 0 Å². The highest BCUT2D eigenvalue weighted by atomic mass is 127. The molecule has 0 nitrogen and oxygen atoms in total. The fourth-order valence-electron chi connectivity index (χ4n) is 0.989. The Hall–Kier alpha value is 2.37. The molecule has 0 aromatic heterocycles. The van der Waals surface area contributed by atoms with E-state index in [0.29, 0.717) is 0 Å². The van der Waals surface area contributed by atoms with E-state index in [1.165, 1.54) is 23.4 Å². The van der Waals surface area contributed by atoms with Crippen LogP contribution in [0.4, 0.5) is 0 Å². The van der Waals surface area contributed by atoms with Crippen LogP contribution >= 0.6 is 40.4 Å². The predicted octanol–water partition coefficient (Wildman–Crippen LogP) is 5.60. The summed E-state index contributed by atoms with van der Waals surface area (Å²) >= 11 is 1.45. The molecule has 0 saturated carbocycles. The van der Waals surface area contributed by atoms with Gasteiger partial charge in [-0.2, -0.15) is 0 Å². The van der Waals surface area contributed by atoms with Crippen molar-refractivity contribution in [1.82, 2.24) is 0 Å². The Morgan fingerprint density at radius 1 is 0.857 bits per heavy atom. The molecule has 0 aliphatic carbocycles. The minimum atomic E-state index is -1.23. The molecule has 0 amide bonds. The van der Waals surface area contributed by atoms with Crippen LogP contribution in [-0.2, 0) is 0 Å². The van der Waals surface area contributed by atoms with E-state index in [2.05, 4.69) is 41.0 Å². The van der Waals surface area contributed by atoms with Crippen LogP contribution < -0.4 is 0 Å². The molecule has 0 aliphatic heterocycles. The van der Waals surface area contributed by atoms with Gasteiger partial charge in [-0.05, 0) is 0 Å². The van der Waals surface area contributed by atoms with Crippen LogP contribution in [0, 0.1) is 0 Å². The molecule has 0 N–H and O–H groups in total. The van der Waals surface area contributed by atoms with Crippen LogP contribution in [0.1, 0.15) is 40.0 Å². The van der Waals surface area contributed by atoms with Gasteiger partial charge in [-0.3, -0.25) is 0 Å². The molecule has 0 atom stereocenters. The summed E-state index contributed by atoms with van der Waals surface area (Å²) in [6.45, 7) is 6.66. The zero-order valence-corrected chi connectivity index (χ0v) is 15.5. The van der Waals surface area contributed by atoms with Crippen molar-refractivity contribution in [3.05, 3.63) is 0 Å². The lowest BCUT2D eigenvalue weighted by Gasteiger charge is -1.96. The third kappa shape index (κ3) is 19.9. The maximum absolute atomic E-state index is 5.48. The maximum atomic E-state index is 5.48. The molecule has 0 spiro atoms. The minimum absolute atomic E-state index is 0.232. The van der Waals surface area contributed by atoms with E-state index < -0.39 is 12.3 Å². The Labute approximate surface area is 118 Å². The zero-order chi connectivity index (χ0) is 11.4. The monoisotopic (exact) mass is 380 g/mol. The molecule has 0 aliphatic rings. The first kappa shape index (κ1) is 18.7. The first-order valence-corrected chi connectivity index (χ1v) is 15.6. The minimum Gasteiger partial charge on any atom is -0.234 e. The lowest BCUT2D eigenvalue weighted by Crippen LogP contribution is -1.98. The molecule has 5 heteroatoms. The van der Waals surface area contributed by atoms with Crippen molar-refractivity contribution >= 4 is 63.5 Å². The van der Waals surface area contributed by atoms with Crippen LogP contribution in [-0.4, -0.2) is 23.2 Å². The van der Waals surface area contributed by atoms with E-state index >= 15 is 0 Å². The molecule has 0 aromatic rings. The van der Waals surface area contributed by atoms with Gasteiger partial charge in [0.05, 0.1) is 0 Å². The van der Waals surface area contributed by atoms with Crippen molar-refractivity contribution in [3.8, 4) is 0 Å². The van der Waals surface area contributed by atoms with Gasteiger partial charge in [-0.15, -0.1) is 0 Å². The zero-order valence-electron chi connectivity index (χ0n) is 9.53. The van der Waals surface area contributed by atoms with Gasteiger partial charge >= 0.3 is 23.2 Å². The number of halogens is 3. The van der Waals surface area contributed by atoms with Crippen LogP contribution in [0.5, 0.6) is 0 Å². The quantitative estimate of drug-likeness (QED) is 0.416. The van der Waals surface area contributed by atoms with Gasteiger partial charge in [-0.25, -0.2) is 40.4 Å². The average Bonchev–Trinajstić information content (AvgIpc) is 2.05. The molecule has 0 rings (SSSR count). The van der Waals surface area contributed by atoms with Crippen LogP contribution in [0.15, 0.2) is 0 Å². The Morgan fingerprint density at radius 2 is 1.21 bits per heavy atom. The summed E-state index contributed by atoms with van der Waals surface area (Å²) in [4.78, 5) is 0. The molecule has 84 valence electrons. The number of hydrogen-bond donors (Lipinski definition) is 0. The van der Waals surface area contributed by atoms with Crippen molar-refractivity contribution in [1.29, 1.82) is 0 Å². The van der Waals surface area contributed by atoms with Gasteiger partial charge in [0.2, 0.25) is 0 Å². The van der Waals surface area contributed by atoms with E-state index in [1.807, 2.05) is 0 Å². The lowest BCUT2D eigenvalue weighted by atomic mass is 10.6. The fourth-order valence-corrected chi connectivity index (χ4v) is 8.01. The maximum Gasteiger partial charge on any atom is 0.519 e. The first-order valence-electron chi connectivity index (χ1n) is 5.50. The van der Waals surface area contributed by atoms with Gasteiger partial charge in [0.1, 0.15) is 0 Å². The fraction of sp³-hybridized carbons (Fsp3) is 1.00. The van der Waals surface area contributed by atoms with E-state index in [-0.39, 0.29) is 10.9 Å². The van der Waals surface area contributed by atoms with Crippen molar-refractivity contribution in [3.63, 3.8) is 0 Å². The summed E-state index contributed by atoms with van der Waals surface area (Å²) in [6.07, 6.45) is 3.93. The Kier molecular flexibility index (Phi) is 20.6. The largest absolute Gasteiger partial charge is 0.519 e. The highest BCUT2D eigenvalue weighted by Crippen LogP contribution is 2.11. The smallest absolute Gasteiger partial charge is 0.234 e. The molecule has 0 radical (unpaired) electrons. The molecule has 0 unspecified atom stereocenters. The summed E-state index contributed by atoms with van der Waals surface area (Å²) in [5.41, 5.74) is 0. The van der Waals surface area contributed by atoms with E-state index in [4.69, 9.17) is 20.1 Å². The average molecular weight is 381 g/mol. The normalized spacial score (nSPS) is 9.00. The summed E-state index contributed by atoms with van der Waals surface area (Å²) in [6, 6.07) is 0. The second-order valence-electron chi connectivity index (χ2n) is 3.35. The van der Waals surface area contributed by atoms with Crippen LogP contribution in [0.25, 0.3) is 0 Å². The number of hydrogen-bond acceptors (Lipinski definition) is 0. The predicted molar refractivity (Wildman–Crippen MR) is 82.5 cm³/mol. The molecule has 0 fully saturated rings. The summed E-state index contributed by atoms with van der Waals surface area (Å²) in [5.74, 6) is 0. The topological polar surface area (TPSA) is 0 Å². The standard InChI is InChI=1S/3C3H7.2Al.2ClH.HI/c3*1-3-2;;;;;/h3*1,3H2,2H3;;;3*1H/q;;;+1;+2;;;/p-3. The van der Waals surface area contributed by atoms with E-state index in [9.17, 15) is 0 Å². The third-order valence-electron chi connectivity index (χ3n) is 1.71. The molecule has 0 saturated heterocycles. The van der Waals surface area contributed by atoms with Crippen molar-refractivity contribution in [2.75, 3.05) is 0 Å². The van der Waals surface area contributed by atoms with E-state index in [0.717, 1.165) is 11.7 Å². The second-order valence-corrected chi connectivity index (χ2v) is 16.2. The molecular formula is C9H21Al2Cl2I. The SMILES string of the molecule is CC[CH2][Al]([Cl])[Cl].CC[CH2][Al]([I])[CH2]CC. The van der Waals surface area contributed by atoms with Gasteiger partial charge in [0.25, 0.3) is 0 Å². The van der Waals surface area contributed by atoms with E-state index in [1.54, 1.807) is 0 Å². The highest BCUT2D eigenvalue weighted by molar-refractivity contribution is 14.1. The molecule has 0 bridgehead atoms. The van der Waals surface area contributed by atoms with Gasteiger partial charge in [-0.1, -0.05) is 55.9 Å². The van der Waals surface area contributed by atoms with Crippen LogP contribution in [0.2, 0.25) is 15.8 Å². The molecule has 14 heavy (non-hydrogen) atoms. The van der Waals surface area contributed by atoms with Crippen LogP contribution in [0.3, 0.4) is 0 Å². The van der Waals surface area contributed by atoms with Gasteiger partial charge in [0.15, 0.2) is 0 Å². The summed E-state index contributed by atoms with van der Waals surface area (Å²) in [7, 11) is 10.7. The molecule has 0 heterocycles. The highest BCUT2D eigenvalue weighted by Gasteiger charge is 2.08. The first-order chi connectivity index (χ1) is 6.58. The third-order valence-corrected chi connectivity index (χ3v) is 10.2. The second kappa shape index (κ2) is 15.4. The van der Waals surface area contributed by atoms with Crippen molar-refractivity contribution in [2.45, 2.75) is 55.9 Å². The van der Waals surface area contributed by atoms with Crippen molar-refractivity contribution in [2.24, 2.45) is 0 Å². The molecular weight excluding hydrogens is 360 g/mol.